The predicted molar refractivity (Wildman–Crippen MR) is 92.4 cm³/mol. The Morgan fingerprint density at radius 2 is 1.92 bits per heavy atom. The van der Waals surface area contributed by atoms with Gasteiger partial charge in [0.05, 0.1) is 5.75 Å². The van der Waals surface area contributed by atoms with Crippen LogP contribution in [0.2, 0.25) is 0 Å². The third-order valence-electron chi connectivity index (χ3n) is 3.67. The number of amides is 1. The highest BCUT2D eigenvalue weighted by Crippen LogP contribution is 2.59. The standard InChI is InChI=1S/C15H19Cl2NO5S/c1-14(2,13(19)18-7-8-24(20,21)22)23-11-5-3-10(4-6-11)12-9-15(12,16)17/h3-6,12H,7-9H2,1-2H3,(H,18,19)(H,20,21,22). The van der Waals surface area contributed by atoms with Crippen molar-refractivity contribution >= 4 is 39.2 Å². The van der Waals surface area contributed by atoms with Crippen LogP contribution in [0.5, 0.6) is 5.75 Å². The molecule has 0 aliphatic heterocycles. The maximum absolute atomic E-state index is 12.1. The summed E-state index contributed by atoms with van der Waals surface area (Å²) in [6, 6.07) is 7.15. The first-order chi connectivity index (χ1) is 10.9. The number of carbonyl (C=O) groups excluding carboxylic acids is 1. The Morgan fingerprint density at radius 1 is 1.38 bits per heavy atom. The van der Waals surface area contributed by atoms with Crippen molar-refractivity contribution in [2.75, 3.05) is 12.3 Å². The van der Waals surface area contributed by atoms with Gasteiger partial charge in [-0.25, -0.2) is 0 Å². The molecule has 1 saturated carbocycles. The van der Waals surface area contributed by atoms with E-state index >= 15 is 0 Å². The topological polar surface area (TPSA) is 92.7 Å². The van der Waals surface area contributed by atoms with E-state index in [-0.39, 0.29) is 12.5 Å². The van der Waals surface area contributed by atoms with Gasteiger partial charge < -0.3 is 10.1 Å². The summed E-state index contributed by atoms with van der Waals surface area (Å²) in [5, 5.41) is 2.41. The lowest BCUT2D eigenvalue weighted by Crippen LogP contribution is -2.47. The third kappa shape index (κ3) is 5.24. The molecule has 1 amide bonds. The number of ether oxygens (including phenoxy) is 1. The lowest BCUT2D eigenvalue weighted by molar-refractivity contribution is -0.134. The molecule has 2 rings (SSSR count). The highest BCUT2D eigenvalue weighted by atomic mass is 35.5. The van der Waals surface area contributed by atoms with Crippen molar-refractivity contribution in [1.82, 2.24) is 5.32 Å². The molecule has 0 radical (unpaired) electrons. The number of alkyl halides is 2. The molecule has 0 aromatic heterocycles. The number of halogens is 2. The van der Waals surface area contributed by atoms with E-state index in [0.29, 0.717) is 12.2 Å². The molecule has 1 aromatic rings. The molecule has 0 saturated heterocycles. The van der Waals surface area contributed by atoms with E-state index in [1.165, 1.54) is 0 Å². The number of hydrogen-bond acceptors (Lipinski definition) is 4. The Labute approximate surface area is 151 Å². The Balaban J connectivity index is 1.92. The first kappa shape index (κ1) is 19.3. The molecule has 1 atom stereocenters. The summed E-state index contributed by atoms with van der Waals surface area (Å²) in [6.45, 7) is 2.93. The molecule has 9 heteroatoms. The second-order valence-corrected chi connectivity index (χ2v) is 9.36. The number of benzene rings is 1. The number of nitrogens with one attached hydrogen (secondary N) is 1. The fourth-order valence-corrected chi connectivity index (χ4v) is 3.11. The minimum Gasteiger partial charge on any atom is -0.478 e. The molecule has 0 heterocycles. The Morgan fingerprint density at radius 3 is 2.38 bits per heavy atom. The SMILES string of the molecule is CC(C)(Oc1ccc(C2CC2(Cl)Cl)cc1)C(=O)NCCS(=O)(=O)O. The highest BCUT2D eigenvalue weighted by molar-refractivity contribution is 7.85. The van der Waals surface area contributed by atoms with E-state index in [2.05, 4.69) is 5.32 Å². The maximum atomic E-state index is 12.1. The van der Waals surface area contributed by atoms with Crippen molar-refractivity contribution in [2.24, 2.45) is 0 Å². The van der Waals surface area contributed by atoms with Crippen LogP contribution in [0.3, 0.4) is 0 Å². The van der Waals surface area contributed by atoms with E-state index in [9.17, 15) is 13.2 Å². The summed E-state index contributed by atoms with van der Waals surface area (Å²) in [6.07, 6.45) is 0.706. The summed E-state index contributed by atoms with van der Waals surface area (Å²) in [4.78, 5) is 12.1. The van der Waals surface area contributed by atoms with Crippen LogP contribution in [0.4, 0.5) is 0 Å². The van der Waals surface area contributed by atoms with Gasteiger partial charge in [-0.1, -0.05) is 12.1 Å². The highest BCUT2D eigenvalue weighted by Gasteiger charge is 2.52. The third-order valence-corrected chi connectivity index (χ3v) is 5.23. The van der Waals surface area contributed by atoms with Crippen molar-refractivity contribution in [3.63, 3.8) is 0 Å². The minimum atomic E-state index is -4.12. The molecule has 6 nitrogen and oxygen atoms in total. The Bertz CT molecular complexity index is 716. The van der Waals surface area contributed by atoms with E-state index in [1.807, 2.05) is 12.1 Å². The first-order valence-corrected chi connectivity index (χ1v) is 9.67. The Hall–Kier alpha value is -1.02. The van der Waals surface area contributed by atoms with Gasteiger partial charge in [0.2, 0.25) is 0 Å². The number of hydrogen-bond donors (Lipinski definition) is 2. The monoisotopic (exact) mass is 395 g/mol. The summed E-state index contributed by atoms with van der Waals surface area (Å²) in [5.41, 5.74) is -0.203. The van der Waals surface area contributed by atoms with Gasteiger partial charge >= 0.3 is 0 Å². The van der Waals surface area contributed by atoms with Gasteiger partial charge in [0.1, 0.15) is 10.1 Å². The molecule has 1 aliphatic carbocycles. The van der Waals surface area contributed by atoms with Gasteiger partial charge in [-0.15, -0.1) is 23.2 Å². The van der Waals surface area contributed by atoms with E-state index < -0.39 is 31.7 Å². The van der Waals surface area contributed by atoms with Crippen molar-refractivity contribution in [3.05, 3.63) is 29.8 Å². The molecule has 0 spiro atoms. The zero-order valence-electron chi connectivity index (χ0n) is 13.3. The second-order valence-electron chi connectivity index (χ2n) is 6.24. The zero-order valence-corrected chi connectivity index (χ0v) is 15.6. The van der Waals surface area contributed by atoms with Crippen LogP contribution < -0.4 is 10.1 Å². The number of carbonyl (C=O) groups is 1. The molecular weight excluding hydrogens is 377 g/mol. The molecule has 0 bridgehead atoms. The van der Waals surface area contributed by atoms with Crippen molar-refractivity contribution < 1.29 is 22.5 Å². The lowest BCUT2D eigenvalue weighted by atomic mass is 10.1. The summed E-state index contributed by atoms with van der Waals surface area (Å²) in [5.74, 6) is -0.447. The van der Waals surface area contributed by atoms with Crippen LogP contribution in [-0.4, -0.2) is 41.1 Å². The van der Waals surface area contributed by atoms with Crippen LogP contribution in [0.25, 0.3) is 0 Å². The quantitative estimate of drug-likeness (QED) is 0.546. The molecular formula is C15H19Cl2NO5S. The molecule has 1 fully saturated rings. The van der Waals surface area contributed by atoms with Gasteiger partial charge in [0.15, 0.2) is 5.60 Å². The molecule has 134 valence electrons. The summed E-state index contributed by atoms with van der Waals surface area (Å²) >= 11 is 12.1. The minimum absolute atomic E-state index is 0.103. The van der Waals surface area contributed by atoms with Gasteiger partial charge in [-0.3, -0.25) is 9.35 Å². The lowest BCUT2D eigenvalue weighted by Gasteiger charge is -2.25. The van der Waals surface area contributed by atoms with Gasteiger partial charge in [0.25, 0.3) is 16.0 Å². The zero-order chi connectivity index (χ0) is 18.2. The molecule has 24 heavy (non-hydrogen) atoms. The van der Waals surface area contributed by atoms with E-state index in [0.717, 1.165) is 5.56 Å². The van der Waals surface area contributed by atoms with Crippen LogP contribution in [0, 0.1) is 0 Å². The fourth-order valence-electron chi connectivity index (χ4n) is 2.19. The van der Waals surface area contributed by atoms with Crippen LogP contribution in [0.15, 0.2) is 24.3 Å². The second kappa shape index (κ2) is 6.71. The maximum Gasteiger partial charge on any atom is 0.266 e. The molecule has 1 aliphatic rings. The van der Waals surface area contributed by atoms with Crippen molar-refractivity contribution in [1.29, 1.82) is 0 Å². The largest absolute Gasteiger partial charge is 0.478 e. The van der Waals surface area contributed by atoms with E-state index in [1.54, 1.807) is 26.0 Å². The summed E-state index contributed by atoms with van der Waals surface area (Å²) < 4.78 is 34.9. The van der Waals surface area contributed by atoms with Crippen LogP contribution in [0.1, 0.15) is 31.7 Å². The van der Waals surface area contributed by atoms with Crippen LogP contribution >= 0.6 is 23.2 Å². The fraction of sp³-hybridized carbons (Fsp3) is 0.533. The van der Waals surface area contributed by atoms with Crippen LogP contribution in [-0.2, 0) is 14.9 Å². The van der Waals surface area contributed by atoms with Gasteiger partial charge in [-0.05, 0) is 38.0 Å². The average Bonchev–Trinajstić information content (AvgIpc) is 3.06. The average molecular weight is 396 g/mol. The molecule has 1 unspecified atom stereocenters. The Kier molecular flexibility index (Phi) is 5.40. The molecule has 2 N–H and O–H groups in total. The predicted octanol–water partition coefficient (Wildman–Crippen LogP) is 2.51. The number of rotatable bonds is 7. The van der Waals surface area contributed by atoms with Crippen molar-refractivity contribution in [2.45, 2.75) is 36.1 Å². The first-order valence-electron chi connectivity index (χ1n) is 7.31. The van der Waals surface area contributed by atoms with E-state index in [4.69, 9.17) is 32.5 Å². The normalized spacial score (nSPS) is 19.6. The van der Waals surface area contributed by atoms with Gasteiger partial charge in [0, 0.05) is 12.5 Å². The summed E-state index contributed by atoms with van der Waals surface area (Å²) in [7, 11) is -4.12. The smallest absolute Gasteiger partial charge is 0.266 e. The van der Waals surface area contributed by atoms with Crippen molar-refractivity contribution in [3.8, 4) is 5.75 Å². The van der Waals surface area contributed by atoms with Gasteiger partial charge in [-0.2, -0.15) is 8.42 Å². The molecule has 1 aromatic carbocycles.